The van der Waals surface area contributed by atoms with Gasteiger partial charge in [-0.2, -0.15) is 0 Å². The molecule has 1 fully saturated rings. The number of pyridine rings is 1. The third kappa shape index (κ3) is 3.51. The highest BCUT2D eigenvalue weighted by Gasteiger charge is 2.20. The van der Waals surface area contributed by atoms with Crippen molar-refractivity contribution in [1.82, 2.24) is 15.0 Å². The highest BCUT2D eigenvalue weighted by Crippen LogP contribution is 2.27. The summed E-state index contributed by atoms with van der Waals surface area (Å²) in [7, 11) is 0. The SMILES string of the molecule is OC1CCN(c2cc(-c3ccccc3)nc(-c3cccnc3)n2)CC1. The number of hydrogen-bond acceptors (Lipinski definition) is 5. The molecule has 1 aliphatic heterocycles. The van der Waals surface area contributed by atoms with Crippen LogP contribution in [0.1, 0.15) is 12.8 Å². The summed E-state index contributed by atoms with van der Waals surface area (Å²) in [5.41, 5.74) is 2.86. The Morgan fingerprint density at radius 1 is 0.920 bits per heavy atom. The van der Waals surface area contributed by atoms with Crippen LogP contribution in [0, 0.1) is 0 Å². The van der Waals surface area contributed by atoms with E-state index in [2.05, 4.69) is 22.0 Å². The Labute approximate surface area is 147 Å². The summed E-state index contributed by atoms with van der Waals surface area (Å²) in [6.45, 7) is 1.61. The first-order valence-corrected chi connectivity index (χ1v) is 8.57. The van der Waals surface area contributed by atoms with Crippen molar-refractivity contribution < 1.29 is 5.11 Å². The number of aromatic nitrogens is 3. The van der Waals surface area contributed by atoms with Gasteiger partial charge in [0.15, 0.2) is 5.82 Å². The van der Waals surface area contributed by atoms with Crippen LogP contribution in [0.4, 0.5) is 5.82 Å². The Kier molecular flexibility index (Phi) is 4.39. The average molecular weight is 332 g/mol. The Morgan fingerprint density at radius 3 is 2.40 bits per heavy atom. The van der Waals surface area contributed by atoms with Crippen molar-refractivity contribution in [2.24, 2.45) is 0 Å². The predicted molar refractivity (Wildman–Crippen MR) is 98.2 cm³/mol. The first kappa shape index (κ1) is 15.7. The maximum absolute atomic E-state index is 9.77. The van der Waals surface area contributed by atoms with Crippen LogP contribution in [0.15, 0.2) is 60.9 Å². The van der Waals surface area contributed by atoms with E-state index < -0.39 is 0 Å². The molecule has 5 heteroatoms. The van der Waals surface area contributed by atoms with Gasteiger partial charge in [-0.25, -0.2) is 9.97 Å². The third-order valence-corrected chi connectivity index (χ3v) is 4.49. The second-order valence-corrected chi connectivity index (χ2v) is 6.26. The molecule has 0 spiro atoms. The summed E-state index contributed by atoms with van der Waals surface area (Å²) >= 11 is 0. The van der Waals surface area contributed by atoms with Gasteiger partial charge < -0.3 is 10.0 Å². The highest BCUT2D eigenvalue weighted by molar-refractivity contribution is 5.67. The molecule has 0 unspecified atom stereocenters. The van der Waals surface area contributed by atoms with Crippen LogP contribution < -0.4 is 4.90 Å². The monoisotopic (exact) mass is 332 g/mol. The standard InChI is InChI=1S/C20H20N4O/c25-17-8-11-24(12-9-17)19-13-18(15-5-2-1-3-6-15)22-20(23-19)16-7-4-10-21-14-16/h1-7,10,13-14,17,25H,8-9,11-12H2. The predicted octanol–water partition coefficient (Wildman–Crippen LogP) is 3.17. The minimum Gasteiger partial charge on any atom is -0.393 e. The van der Waals surface area contributed by atoms with Crippen molar-refractivity contribution in [3.05, 3.63) is 60.9 Å². The number of hydrogen-bond donors (Lipinski definition) is 1. The maximum atomic E-state index is 9.77. The normalized spacial score (nSPS) is 15.3. The molecule has 2 aromatic heterocycles. The summed E-state index contributed by atoms with van der Waals surface area (Å²) in [6.07, 6.45) is 4.87. The van der Waals surface area contributed by atoms with Gasteiger partial charge in [0, 0.05) is 42.7 Å². The fourth-order valence-corrected chi connectivity index (χ4v) is 3.07. The summed E-state index contributed by atoms with van der Waals surface area (Å²) in [5.74, 6) is 1.58. The topological polar surface area (TPSA) is 62.1 Å². The summed E-state index contributed by atoms with van der Waals surface area (Å²) < 4.78 is 0. The van der Waals surface area contributed by atoms with E-state index in [1.807, 2.05) is 36.4 Å². The van der Waals surface area contributed by atoms with Crippen molar-refractivity contribution in [2.75, 3.05) is 18.0 Å². The lowest BCUT2D eigenvalue weighted by atomic mass is 10.1. The van der Waals surface area contributed by atoms with E-state index in [4.69, 9.17) is 9.97 Å². The van der Waals surface area contributed by atoms with Crippen molar-refractivity contribution in [1.29, 1.82) is 0 Å². The number of nitrogens with zero attached hydrogens (tertiary/aromatic N) is 4. The lowest BCUT2D eigenvalue weighted by Crippen LogP contribution is -2.36. The first-order chi connectivity index (χ1) is 12.3. The Balaban J connectivity index is 1.78. The molecule has 1 aliphatic rings. The molecule has 0 saturated carbocycles. The molecule has 1 saturated heterocycles. The summed E-state index contributed by atoms with van der Waals surface area (Å²) in [6, 6.07) is 16.0. The fourth-order valence-electron chi connectivity index (χ4n) is 3.07. The number of aliphatic hydroxyl groups is 1. The van der Waals surface area contributed by atoms with E-state index in [0.717, 1.165) is 48.6 Å². The molecule has 0 aliphatic carbocycles. The lowest BCUT2D eigenvalue weighted by molar-refractivity contribution is 0.145. The number of rotatable bonds is 3. The molecule has 0 amide bonds. The van der Waals surface area contributed by atoms with Gasteiger partial charge in [-0.05, 0) is 25.0 Å². The molecular formula is C20H20N4O. The van der Waals surface area contributed by atoms with E-state index in [1.54, 1.807) is 12.4 Å². The molecule has 3 aromatic rings. The number of aliphatic hydroxyl groups excluding tert-OH is 1. The highest BCUT2D eigenvalue weighted by atomic mass is 16.3. The minimum atomic E-state index is -0.204. The van der Waals surface area contributed by atoms with Crippen LogP contribution in [-0.2, 0) is 0 Å². The van der Waals surface area contributed by atoms with E-state index in [9.17, 15) is 5.11 Å². The molecule has 5 nitrogen and oxygen atoms in total. The average Bonchev–Trinajstić information content (AvgIpc) is 2.69. The summed E-state index contributed by atoms with van der Waals surface area (Å²) in [4.78, 5) is 15.9. The molecule has 3 heterocycles. The quantitative estimate of drug-likeness (QED) is 0.798. The molecule has 0 radical (unpaired) electrons. The first-order valence-electron chi connectivity index (χ1n) is 8.57. The Morgan fingerprint density at radius 2 is 1.68 bits per heavy atom. The van der Waals surface area contributed by atoms with Crippen LogP contribution in [0.25, 0.3) is 22.6 Å². The van der Waals surface area contributed by atoms with Gasteiger partial charge in [-0.1, -0.05) is 30.3 Å². The second kappa shape index (κ2) is 6.99. The molecule has 1 N–H and O–H groups in total. The molecule has 0 atom stereocenters. The zero-order valence-electron chi connectivity index (χ0n) is 13.9. The van der Waals surface area contributed by atoms with Gasteiger partial charge in [0.2, 0.25) is 0 Å². The number of piperidine rings is 1. The molecule has 4 rings (SSSR count). The lowest BCUT2D eigenvalue weighted by Gasteiger charge is -2.30. The molecule has 25 heavy (non-hydrogen) atoms. The van der Waals surface area contributed by atoms with Crippen LogP contribution in [0.5, 0.6) is 0 Å². The third-order valence-electron chi connectivity index (χ3n) is 4.49. The van der Waals surface area contributed by atoms with Crippen molar-refractivity contribution in [2.45, 2.75) is 18.9 Å². The second-order valence-electron chi connectivity index (χ2n) is 6.26. The fraction of sp³-hybridized carbons (Fsp3) is 0.250. The number of anilines is 1. The van der Waals surface area contributed by atoms with Crippen LogP contribution in [0.3, 0.4) is 0 Å². The van der Waals surface area contributed by atoms with Crippen molar-refractivity contribution in [3.8, 4) is 22.6 Å². The largest absolute Gasteiger partial charge is 0.393 e. The van der Waals surface area contributed by atoms with E-state index in [1.165, 1.54) is 0 Å². The van der Waals surface area contributed by atoms with Crippen LogP contribution in [0.2, 0.25) is 0 Å². The van der Waals surface area contributed by atoms with Gasteiger partial charge in [-0.3, -0.25) is 4.98 Å². The zero-order valence-corrected chi connectivity index (χ0v) is 13.9. The smallest absolute Gasteiger partial charge is 0.163 e. The van der Waals surface area contributed by atoms with Gasteiger partial charge in [-0.15, -0.1) is 0 Å². The van der Waals surface area contributed by atoms with Gasteiger partial charge in [0.05, 0.1) is 11.8 Å². The summed E-state index contributed by atoms with van der Waals surface area (Å²) in [5, 5.41) is 9.77. The van der Waals surface area contributed by atoms with Gasteiger partial charge in [0.25, 0.3) is 0 Å². The van der Waals surface area contributed by atoms with E-state index in [0.29, 0.717) is 5.82 Å². The minimum absolute atomic E-state index is 0.204. The van der Waals surface area contributed by atoms with Gasteiger partial charge in [0.1, 0.15) is 5.82 Å². The Bertz CT molecular complexity index is 773. The van der Waals surface area contributed by atoms with E-state index in [-0.39, 0.29) is 6.10 Å². The van der Waals surface area contributed by atoms with Crippen LogP contribution >= 0.6 is 0 Å². The molecular weight excluding hydrogens is 312 g/mol. The maximum Gasteiger partial charge on any atom is 0.163 e. The van der Waals surface area contributed by atoms with E-state index >= 15 is 0 Å². The molecule has 126 valence electrons. The van der Waals surface area contributed by atoms with Gasteiger partial charge >= 0.3 is 0 Å². The van der Waals surface area contributed by atoms with Crippen molar-refractivity contribution in [3.63, 3.8) is 0 Å². The van der Waals surface area contributed by atoms with Crippen LogP contribution in [-0.4, -0.2) is 39.3 Å². The van der Waals surface area contributed by atoms with Crippen molar-refractivity contribution >= 4 is 5.82 Å². The molecule has 1 aromatic carbocycles. The number of benzene rings is 1. The zero-order chi connectivity index (χ0) is 17.1. The molecule has 0 bridgehead atoms. The Hall–Kier alpha value is -2.79.